The highest BCUT2D eigenvalue weighted by atomic mass is 16.5. The minimum atomic E-state index is -0.331. The van der Waals surface area contributed by atoms with Crippen LogP contribution in [-0.4, -0.2) is 37.4 Å². The average molecular weight is 253 g/mol. The Hall–Kier alpha value is -1.75. The summed E-state index contributed by atoms with van der Waals surface area (Å²) in [4.78, 5) is 11.7. The highest BCUT2D eigenvalue weighted by molar-refractivity contribution is 5.96. The molecule has 1 aromatic carbocycles. The molecular formula is C13H19NO4. The Kier molecular flexibility index (Phi) is 5.45. The Labute approximate surface area is 107 Å². The average Bonchev–Trinajstić information content (AvgIpc) is 2.33. The second kappa shape index (κ2) is 6.86. The molecule has 0 aliphatic heterocycles. The molecule has 0 aliphatic rings. The normalized spacial score (nSPS) is 10.4. The molecule has 0 radical (unpaired) electrons. The molecule has 0 saturated carbocycles. The fourth-order valence-electron chi connectivity index (χ4n) is 1.38. The van der Waals surface area contributed by atoms with Gasteiger partial charge in [-0.05, 0) is 26.0 Å². The van der Waals surface area contributed by atoms with Crippen molar-refractivity contribution >= 4 is 5.91 Å². The van der Waals surface area contributed by atoms with E-state index >= 15 is 0 Å². The Bertz CT molecular complexity index is 404. The number of carbonyl (C=O) groups excluding carboxylic acids is 1. The number of carbonyl (C=O) groups is 1. The van der Waals surface area contributed by atoms with Crippen molar-refractivity contribution in [3.63, 3.8) is 0 Å². The number of methoxy groups -OCH3 is 1. The van der Waals surface area contributed by atoms with Crippen molar-refractivity contribution in [3.05, 3.63) is 23.8 Å². The van der Waals surface area contributed by atoms with Crippen LogP contribution in [0.1, 0.15) is 24.2 Å². The summed E-state index contributed by atoms with van der Waals surface area (Å²) in [6.45, 7) is 4.71. The van der Waals surface area contributed by atoms with Crippen molar-refractivity contribution in [1.29, 1.82) is 0 Å². The molecule has 0 bridgehead atoms. The first-order valence-corrected chi connectivity index (χ1v) is 5.81. The monoisotopic (exact) mass is 253 g/mol. The number of phenols is 1. The summed E-state index contributed by atoms with van der Waals surface area (Å²) in [5, 5.41) is 12.3. The van der Waals surface area contributed by atoms with Crippen LogP contribution < -0.4 is 10.1 Å². The zero-order valence-corrected chi connectivity index (χ0v) is 10.9. The van der Waals surface area contributed by atoms with Crippen LogP contribution in [-0.2, 0) is 4.74 Å². The van der Waals surface area contributed by atoms with Gasteiger partial charge in [0.05, 0.1) is 25.4 Å². The third kappa shape index (κ3) is 4.25. The zero-order chi connectivity index (χ0) is 13.5. The maximum Gasteiger partial charge on any atom is 0.255 e. The lowest BCUT2D eigenvalue weighted by atomic mass is 10.2. The van der Waals surface area contributed by atoms with E-state index in [1.165, 1.54) is 19.2 Å². The lowest BCUT2D eigenvalue weighted by Crippen LogP contribution is -2.28. The summed E-state index contributed by atoms with van der Waals surface area (Å²) < 4.78 is 10.2. The number of rotatable bonds is 6. The molecule has 2 N–H and O–H groups in total. The second-order valence-corrected chi connectivity index (χ2v) is 4.06. The predicted octanol–water partition coefficient (Wildman–Crippen LogP) is 1.56. The molecular weight excluding hydrogens is 234 g/mol. The third-order valence-corrected chi connectivity index (χ3v) is 2.29. The van der Waals surface area contributed by atoms with Gasteiger partial charge in [0.1, 0.15) is 11.5 Å². The van der Waals surface area contributed by atoms with Gasteiger partial charge in [0.2, 0.25) is 0 Å². The van der Waals surface area contributed by atoms with Gasteiger partial charge < -0.3 is 19.9 Å². The Balaban J connectivity index is 2.51. The van der Waals surface area contributed by atoms with Gasteiger partial charge in [-0.2, -0.15) is 0 Å². The summed E-state index contributed by atoms with van der Waals surface area (Å²) in [5.41, 5.74) is 0.223. The van der Waals surface area contributed by atoms with Gasteiger partial charge in [-0.3, -0.25) is 4.79 Å². The van der Waals surface area contributed by atoms with E-state index in [4.69, 9.17) is 9.47 Å². The number of phenolic OH excluding ortho intramolecular Hbond substituents is 1. The van der Waals surface area contributed by atoms with E-state index in [9.17, 15) is 9.90 Å². The van der Waals surface area contributed by atoms with Crippen molar-refractivity contribution in [1.82, 2.24) is 5.32 Å². The molecule has 18 heavy (non-hydrogen) atoms. The number of amides is 1. The van der Waals surface area contributed by atoms with E-state index < -0.39 is 0 Å². The van der Waals surface area contributed by atoms with Crippen molar-refractivity contribution < 1.29 is 19.4 Å². The summed E-state index contributed by atoms with van der Waals surface area (Å²) in [6, 6.07) is 4.55. The summed E-state index contributed by atoms with van der Waals surface area (Å²) in [7, 11) is 1.50. The number of hydrogen-bond donors (Lipinski definition) is 2. The van der Waals surface area contributed by atoms with Crippen molar-refractivity contribution in [2.75, 3.05) is 20.3 Å². The predicted molar refractivity (Wildman–Crippen MR) is 68.1 cm³/mol. The van der Waals surface area contributed by atoms with Crippen LogP contribution in [0.5, 0.6) is 11.5 Å². The molecule has 1 rings (SSSR count). The van der Waals surface area contributed by atoms with Gasteiger partial charge in [-0.1, -0.05) is 0 Å². The Morgan fingerprint density at radius 2 is 2.17 bits per heavy atom. The minimum absolute atomic E-state index is 0.100. The van der Waals surface area contributed by atoms with Crippen LogP contribution in [0, 0.1) is 0 Å². The molecule has 5 nitrogen and oxygen atoms in total. The van der Waals surface area contributed by atoms with Crippen molar-refractivity contribution in [3.8, 4) is 11.5 Å². The molecule has 0 saturated heterocycles. The highest BCUT2D eigenvalue weighted by Gasteiger charge is 2.11. The van der Waals surface area contributed by atoms with Gasteiger partial charge in [-0.25, -0.2) is 0 Å². The molecule has 0 heterocycles. The molecule has 100 valence electrons. The molecule has 0 aromatic heterocycles. The van der Waals surface area contributed by atoms with E-state index in [0.29, 0.717) is 18.9 Å². The zero-order valence-electron chi connectivity index (χ0n) is 10.9. The molecule has 1 aromatic rings. The number of hydrogen-bond acceptors (Lipinski definition) is 4. The fraction of sp³-hybridized carbons (Fsp3) is 0.462. The van der Waals surface area contributed by atoms with Crippen molar-refractivity contribution in [2.24, 2.45) is 0 Å². The quantitative estimate of drug-likeness (QED) is 0.755. The van der Waals surface area contributed by atoms with Gasteiger partial charge in [0.15, 0.2) is 0 Å². The van der Waals surface area contributed by atoms with Gasteiger partial charge >= 0.3 is 0 Å². The number of nitrogens with one attached hydrogen (secondary N) is 1. The molecule has 0 atom stereocenters. The minimum Gasteiger partial charge on any atom is -0.507 e. The van der Waals surface area contributed by atoms with Crippen LogP contribution >= 0.6 is 0 Å². The van der Waals surface area contributed by atoms with Gasteiger partial charge in [0, 0.05) is 12.6 Å². The molecule has 5 heteroatoms. The summed E-state index contributed by atoms with van der Waals surface area (Å²) in [5.74, 6) is 0.0753. The fourth-order valence-corrected chi connectivity index (χ4v) is 1.38. The molecule has 0 spiro atoms. The SMILES string of the molecule is COc1ccc(C(=O)NCCOC(C)C)c(O)c1. The second-order valence-electron chi connectivity index (χ2n) is 4.06. The number of aromatic hydroxyl groups is 1. The largest absolute Gasteiger partial charge is 0.507 e. The van der Waals surface area contributed by atoms with Crippen molar-refractivity contribution in [2.45, 2.75) is 20.0 Å². The Morgan fingerprint density at radius 3 is 2.72 bits per heavy atom. The van der Waals surface area contributed by atoms with E-state index in [1.807, 2.05) is 13.8 Å². The highest BCUT2D eigenvalue weighted by Crippen LogP contribution is 2.22. The van der Waals surface area contributed by atoms with E-state index in [0.717, 1.165) is 0 Å². The maximum absolute atomic E-state index is 11.7. The smallest absolute Gasteiger partial charge is 0.255 e. The summed E-state index contributed by atoms with van der Waals surface area (Å²) >= 11 is 0. The van der Waals surface area contributed by atoms with E-state index in [2.05, 4.69) is 5.32 Å². The van der Waals surface area contributed by atoms with E-state index in [1.54, 1.807) is 6.07 Å². The molecule has 0 fully saturated rings. The third-order valence-electron chi connectivity index (χ3n) is 2.29. The number of benzene rings is 1. The first-order valence-electron chi connectivity index (χ1n) is 5.81. The topological polar surface area (TPSA) is 67.8 Å². The van der Waals surface area contributed by atoms with Crippen LogP contribution in [0.2, 0.25) is 0 Å². The number of ether oxygens (including phenoxy) is 2. The molecule has 1 amide bonds. The Morgan fingerprint density at radius 1 is 1.44 bits per heavy atom. The molecule has 0 aliphatic carbocycles. The van der Waals surface area contributed by atoms with E-state index in [-0.39, 0.29) is 23.3 Å². The first-order chi connectivity index (χ1) is 8.54. The van der Waals surface area contributed by atoms with Crippen LogP contribution in [0.15, 0.2) is 18.2 Å². The van der Waals surface area contributed by atoms with Crippen LogP contribution in [0.25, 0.3) is 0 Å². The van der Waals surface area contributed by atoms with Crippen LogP contribution in [0.3, 0.4) is 0 Å². The molecule has 0 unspecified atom stereocenters. The van der Waals surface area contributed by atoms with Crippen LogP contribution in [0.4, 0.5) is 0 Å². The first kappa shape index (κ1) is 14.3. The summed E-state index contributed by atoms with van der Waals surface area (Å²) in [6.07, 6.45) is 0.135. The lowest BCUT2D eigenvalue weighted by Gasteiger charge is -2.10. The lowest BCUT2D eigenvalue weighted by molar-refractivity contribution is 0.0745. The van der Waals surface area contributed by atoms with Gasteiger partial charge in [-0.15, -0.1) is 0 Å². The van der Waals surface area contributed by atoms with Gasteiger partial charge in [0.25, 0.3) is 5.91 Å². The standard InChI is InChI=1S/C13H19NO4/c1-9(2)18-7-6-14-13(16)11-5-4-10(17-3)8-12(11)15/h4-5,8-9,15H,6-7H2,1-3H3,(H,14,16). The maximum atomic E-state index is 11.7.